The molecule has 27 heavy (non-hydrogen) atoms. The maximum absolute atomic E-state index is 12.6. The van der Waals surface area contributed by atoms with E-state index in [-0.39, 0.29) is 30.8 Å². The van der Waals surface area contributed by atoms with Gasteiger partial charge in [-0.2, -0.15) is 10.1 Å². The molecule has 10 heteroatoms. The summed E-state index contributed by atoms with van der Waals surface area (Å²) >= 11 is 0. The molecule has 4 rings (SSSR count). The van der Waals surface area contributed by atoms with Gasteiger partial charge in [-0.3, -0.25) is 14.9 Å². The molecule has 0 bridgehead atoms. The first-order chi connectivity index (χ1) is 12.6. The summed E-state index contributed by atoms with van der Waals surface area (Å²) in [6.07, 6.45) is 1.98. The number of aryl methyl sites for hydroxylation is 1. The van der Waals surface area contributed by atoms with Crippen molar-refractivity contribution in [2.24, 2.45) is 7.05 Å². The van der Waals surface area contributed by atoms with E-state index in [1.807, 2.05) is 0 Å². The second kappa shape index (κ2) is 7.93. The number of aromatic nitrogens is 3. The minimum atomic E-state index is -0.319. The minimum absolute atomic E-state index is 0. The Balaban J connectivity index is 0.00000210. The molecule has 0 radical (unpaired) electrons. The van der Waals surface area contributed by atoms with Crippen molar-refractivity contribution in [3.8, 4) is 5.75 Å². The molecule has 2 aliphatic rings. The topological polar surface area (TPSA) is 110 Å². The molecule has 2 amide bonds. The van der Waals surface area contributed by atoms with E-state index in [0.717, 1.165) is 31.8 Å². The van der Waals surface area contributed by atoms with Gasteiger partial charge in [-0.15, -0.1) is 12.4 Å². The lowest BCUT2D eigenvalue weighted by molar-refractivity contribution is -0.118. The number of carbonyl (C=O) groups is 2. The Kier molecular flexibility index (Phi) is 5.62. The molecule has 2 aromatic rings. The molecule has 1 saturated heterocycles. The number of nitrogens with one attached hydrogen (secondary N) is 3. The van der Waals surface area contributed by atoms with Crippen molar-refractivity contribution in [3.63, 3.8) is 0 Å². The van der Waals surface area contributed by atoms with E-state index >= 15 is 0 Å². The largest absolute Gasteiger partial charge is 0.482 e. The molecule has 0 aliphatic carbocycles. The van der Waals surface area contributed by atoms with Gasteiger partial charge in [-0.1, -0.05) is 0 Å². The Morgan fingerprint density at radius 2 is 2.11 bits per heavy atom. The monoisotopic (exact) mass is 392 g/mol. The summed E-state index contributed by atoms with van der Waals surface area (Å²) in [5.41, 5.74) is 0.892. The van der Waals surface area contributed by atoms with E-state index in [4.69, 9.17) is 4.74 Å². The van der Waals surface area contributed by atoms with Gasteiger partial charge in [0.15, 0.2) is 12.4 Å². The fourth-order valence-electron chi connectivity index (χ4n) is 3.16. The van der Waals surface area contributed by atoms with Crippen LogP contribution < -0.4 is 20.7 Å². The molecular weight excluding hydrogens is 372 g/mol. The SMILES string of the molecule is Cl.Cn1nc(C2CCNCC2)nc1NC(=O)c1ccc2c(c1)NC(=O)CO2. The average Bonchev–Trinajstić information content (AvgIpc) is 3.02. The van der Waals surface area contributed by atoms with Gasteiger partial charge in [0.2, 0.25) is 5.95 Å². The van der Waals surface area contributed by atoms with Crippen LogP contribution in [-0.2, 0) is 11.8 Å². The number of nitrogens with zero attached hydrogens (tertiary/aromatic N) is 3. The lowest BCUT2D eigenvalue weighted by Crippen LogP contribution is -2.27. The van der Waals surface area contributed by atoms with Crippen LogP contribution in [0.3, 0.4) is 0 Å². The average molecular weight is 393 g/mol. The number of halogens is 1. The van der Waals surface area contributed by atoms with E-state index < -0.39 is 0 Å². The zero-order valence-corrected chi connectivity index (χ0v) is 15.6. The van der Waals surface area contributed by atoms with Crippen molar-refractivity contribution in [1.82, 2.24) is 20.1 Å². The molecule has 1 aromatic heterocycles. The normalized spacial score (nSPS) is 16.6. The van der Waals surface area contributed by atoms with Crippen molar-refractivity contribution in [2.45, 2.75) is 18.8 Å². The van der Waals surface area contributed by atoms with Gasteiger partial charge in [0.05, 0.1) is 5.69 Å². The van der Waals surface area contributed by atoms with E-state index in [1.165, 1.54) is 0 Å². The number of benzene rings is 1. The first kappa shape index (κ1) is 19.1. The number of hydrogen-bond acceptors (Lipinski definition) is 6. The van der Waals surface area contributed by atoms with Crippen LogP contribution in [-0.4, -0.2) is 46.3 Å². The van der Waals surface area contributed by atoms with Gasteiger partial charge < -0.3 is 15.4 Å². The number of carbonyl (C=O) groups excluding carboxylic acids is 2. The van der Waals surface area contributed by atoms with Crippen molar-refractivity contribution < 1.29 is 14.3 Å². The van der Waals surface area contributed by atoms with E-state index in [1.54, 1.807) is 29.9 Å². The summed E-state index contributed by atoms with van der Waals surface area (Å²) in [5.74, 6) is 1.46. The fraction of sp³-hybridized carbons (Fsp3) is 0.412. The van der Waals surface area contributed by atoms with Crippen LogP contribution in [0.25, 0.3) is 0 Å². The predicted molar refractivity (Wildman–Crippen MR) is 102 cm³/mol. The molecule has 0 saturated carbocycles. The first-order valence-corrected chi connectivity index (χ1v) is 8.60. The maximum atomic E-state index is 12.6. The van der Waals surface area contributed by atoms with Crippen LogP contribution in [0.15, 0.2) is 18.2 Å². The van der Waals surface area contributed by atoms with E-state index in [0.29, 0.717) is 28.9 Å². The Morgan fingerprint density at radius 3 is 2.89 bits per heavy atom. The van der Waals surface area contributed by atoms with Gasteiger partial charge in [0.25, 0.3) is 11.8 Å². The molecule has 3 heterocycles. The third kappa shape index (κ3) is 4.04. The first-order valence-electron chi connectivity index (χ1n) is 8.60. The van der Waals surface area contributed by atoms with Crippen LogP contribution in [0.4, 0.5) is 11.6 Å². The highest BCUT2D eigenvalue weighted by atomic mass is 35.5. The number of amides is 2. The van der Waals surface area contributed by atoms with Crippen LogP contribution in [0.5, 0.6) is 5.75 Å². The van der Waals surface area contributed by atoms with Gasteiger partial charge >= 0.3 is 0 Å². The summed E-state index contributed by atoms with van der Waals surface area (Å²) in [7, 11) is 1.76. The minimum Gasteiger partial charge on any atom is -0.482 e. The summed E-state index contributed by atoms with van der Waals surface area (Å²) in [5, 5.41) is 13.2. The lowest BCUT2D eigenvalue weighted by atomic mass is 9.98. The second-order valence-corrected chi connectivity index (χ2v) is 6.44. The molecule has 0 unspecified atom stereocenters. The van der Waals surface area contributed by atoms with Crippen molar-refractivity contribution in [3.05, 3.63) is 29.6 Å². The molecule has 0 spiro atoms. The molecule has 2 aliphatic heterocycles. The summed E-state index contributed by atoms with van der Waals surface area (Å²) < 4.78 is 6.88. The summed E-state index contributed by atoms with van der Waals surface area (Å²) in [6, 6.07) is 4.91. The Morgan fingerprint density at radius 1 is 1.33 bits per heavy atom. The van der Waals surface area contributed by atoms with E-state index in [2.05, 4.69) is 26.0 Å². The van der Waals surface area contributed by atoms with Crippen LogP contribution in [0, 0.1) is 0 Å². The maximum Gasteiger partial charge on any atom is 0.262 e. The van der Waals surface area contributed by atoms with Gasteiger partial charge in [-0.05, 0) is 44.1 Å². The number of hydrogen-bond donors (Lipinski definition) is 3. The molecule has 0 atom stereocenters. The smallest absolute Gasteiger partial charge is 0.262 e. The molecular formula is C17H21ClN6O3. The third-order valence-electron chi connectivity index (χ3n) is 4.58. The highest BCUT2D eigenvalue weighted by Crippen LogP contribution is 2.29. The quantitative estimate of drug-likeness (QED) is 0.726. The van der Waals surface area contributed by atoms with Crippen LogP contribution >= 0.6 is 12.4 Å². The zero-order valence-electron chi connectivity index (χ0n) is 14.8. The number of ether oxygens (including phenoxy) is 1. The highest BCUT2D eigenvalue weighted by Gasteiger charge is 2.22. The predicted octanol–water partition coefficient (Wildman–Crippen LogP) is 1.29. The zero-order chi connectivity index (χ0) is 18.1. The Hall–Kier alpha value is -2.65. The van der Waals surface area contributed by atoms with Crippen LogP contribution in [0.1, 0.15) is 34.9 Å². The Labute approximate surface area is 162 Å². The van der Waals surface area contributed by atoms with E-state index in [9.17, 15) is 9.59 Å². The van der Waals surface area contributed by atoms with Gasteiger partial charge in [-0.25, -0.2) is 4.68 Å². The third-order valence-corrected chi connectivity index (χ3v) is 4.58. The standard InChI is InChI=1S/C17H20N6O3.ClH/c1-23-17(20-15(22-23)10-4-6-18-7-5-10)21-16(25)11-2-3-13-12(8-11)19-14(24)9-26-13;/h2-3,8,10,18H,4-7,9H2,1H3,(H,19,24)(H,20,21,22,25);1H. The van der Waals surface area contributed by atoms with Crippen LogP contribution in [0.2, 0.25) is 0 Å². The highest BCUT2D eigenvalue weighted by molar-refractivity contribution is 6.05. The van der Waals surface area contributed by atoms with Crippen molar-refractivity contribution in [1.29, 1.82) is 0 Å². The van der Waals surface area contributed by atoms with Crippen molar-refractivity contribution >= 4 is 35.9 Å². The number of fused-ring (bicyclic) bond motifs is 1. The van der Waals surface area contributed by atoms with Gasteiger partial charge in [0, 0.05) is 18.5 Å². The number of rotatable bonds is 3. The second-order valence-electron chi connectivity index (χ2n) is 6.44. The van der Waals surface area contributed by atoms with Gasteiger partial charge in [0.1, 0.15) is 5.75 Å². The summed E-state index contributed by atoms with van der Waals surface area (Å²) in [4.78, 5) is 28.5. The Bertz CT molecular complexity index is 862. The molecule has 3 N–H and O–H groups in total. The number of anilines is 2. The molecule has 1 fully saturated rings. The lowest BCUT2D eigenvalue weighted by Gasteiger charge is -2.19. The fourth-order valence-corrected chi connectivity index (χ4v) is 3.16. The molecule has 1 aromatic carbocycles. The number of piperidine rings is 1. The molecule has 144 valence electrons. The molecule has 9 nitrogen and oxygen atoms in total. The van der Waals surface area contributed by atoms with Crippen molar-refractivity contribution in [2.75, 3.05) is 30.3 Å². The summed E-state index contributed by atoms with van der Waals surface area (Å²) in [6.45, 7) is 1.89.